The molecule has 4 N–H and O–H groups in total. The van der Waals surface area contributed by atoms with Crippen LogP contribution in [0.5, 0.6) is 0 Å². The number of anilines is 2. The lowest BCUT2D eigenvalue weighted by atomic mass is 10.0. The van der Waals surface area contributed by atoms with E-state index >= 15 is 0 Å². The number of hydrogen-bond donors (Lipinski definition) is 2. The van der Waals surface area contributed by atoms with Crippen molar-refractivity contribution in [1.82, 2.24) is 4.98 Å². The molecule has 0 unspecified atom stereocenters. The fourth-order valence-electron chi connectivity index (χ4n) is 1.87. The molecule has 4 heteroatoms. The topological polar surface area (TPSA) is 64.9 Å². The van der Waals surface area contributed by atoms with Gasteiger partial charge in [0.05, 0.1) is 22.6 Å². The molecule has 1 aromatic carbocycles. The van der Waals surface area contributed by atoms with E-state index in [-0.39, 0.29) is 0 Å². The van der Waals surface area contributed by atoms with Crippen LogP contribution in [-0.4, -0.2) is 4.98 Å². The lowest BCUT2D eigenvalue weighted by Crippen LogP contribution is -2.06. The van der Waals surface area contributed by atoms with Gasteiger partial charge in [-0.15, -0.1) is 0 Å². The zero-order chi connectivity index (χ0) is 12.6. The van der Waals surface area contributed by atoms with E-state index < -0.39 is 0 Å². The SMILES string of the molecule is CC(C)Cc1nc2cc(Br)ccc2c(N)c1N. The molecule has 0 radical (unpaired) electrons. The summed E-state index contributed by atoms with van der Waals surface area (Å²) in [6, 6.07) is 5.86. The molecule has 0 bridgehead atoms. The predicted molar refractivity (Wildman–Crippen MR) is 76.8 cm³/mol. The molecule has 0 saturated carbocycles. The van der Waals surface area contributed by atoms with Crippen LogP contribution >= 0.6 is 15.9 Å². The zero-order valence-corrected chi connectivity index (χ0v) is 11.6. The van der Waals surface area contributed by atoms with E-state index in [2.05, 4.69) is 34.8 Å². The van der Waals surface area contributed by atoms with Crippen LogP contribution in [0.3, 0.4) is 0 Å². The molecule has 2 rings (SSSR count). The molecule has 0 aliphatic heterocycles. The molecule has 1 heterocycles. The number of hydrogen-bond acceptors (Lipinski definition) is 3. The second-order valence-corrected chi connectivity index (χ2v) is 5.56. The first-order valence-corrected chi connectivity index (χ1v) is 6.41. The molecule has 0 saturated heterocycles. The van der Waals surface area contributed by atoms with Gasteiger partial charge in [0.15, 0.2) is 0 Å². The van der Waals surface area contributed by atoms with Gasteiger partial charge < -0.3 is 11.5 Å². The van der Waals surface area contributed by atoms with Crippen molar-refractivity contribution in [3.8, 4) is 0 Å². The number of benzene rings is 1. The van der Waals surface area contributed by atoms with Crippen LogP contribution < -0.4 is 11.5 Å². The van der Waals surface area contributed by atoms with Gasteiger partial charge in [0.2, 0.25) is 0 Å². The third kappa shape index (κ3) is 2.36. The molecular formula is C13H16BrN3. The minimum atomic E-state index is 0.508. The smallest absolute Gasteiger partial charge is 0.0773 e. The van der Waals surface area contributed by atoms with Gasteiger partial charge in [0.25, 0.3) is 0 Å². The largest absolute Gasteiger partial charge is 0.396 e. The summed E-state index contributed by atoms with van der Waals surface area (Å²) in [4.78, 5) is 4.60. The molecule has 0 atom stereocenters. The minimum Gasteiger partial charge on any atom is -0.396 e. The van der Waals surface area contributed by atoms with E-state index in [0.717, 1.165) is 27.5 Å². The Morgan fingerprint density at radius 2 is 1.94 bits per heavy atom. The van der Waals surface area contributed by atoms with Gasteiger partial charge in [-0.05, 0) is 30.5 Å². The summed E-state index contributed by atoms with van der Waals surface area (Å²) < 4.78 is 0.997. The second kappa shape index (κ2) is 4.53. The normalized spacial score (nSPS) is 11.3. The van der Waals surface area contributed by atoms with Crippen LogP contribution in [-0.2, 0) is 6.42 Å². The summed E-state index contributed by atoms with van der Waals surface area (Å²) in [5.74, 6) is 0.508. The number of fused-ring (bicyclic) bond motifs is 1. The molecule has 0 amide bonds. The first-order valence-electron chi connectivity index (χ1n) is 5.62. The molecule has 3 nitrogen and oxygen atoms in total. The Morgan fingerprint density at radius 1 is 1.24 bits per heavy atom. The molecule has 1 aromatic heterocycles. The Hall–Kier alpha value is -1.29. The fourth-order valence-corrected chi connectivity index (χ4v) is 2.22. The Morgan fingerprint density at radius 3 is 2.59 bits per heavy atom. The Balaban J connectivity index is 2.67. The van der Waals surface area contributed by atoms with E-state index in [4.69, 9.17) is 11.5 Å². The third-order valence-corrected chi connectivity index (χ3v) is 3.20. The highest BCUT2D eigenvalue weighted by Crippen LogP contribution is 2.30. The van der Waals surface area contributed by atoms with E-state index in [1.165, 1.54) is 0 Å². The maximum atomic E-state index is 6.06. The summed E-state index contributed by atoms with van der Waals surface area (Å²) in [5.41, 5.74) is 15.1. The average molecular weight is 294 g/mol. The van der Waals surface area contributed by atoms with Crippen molar-refractivity contribution in [2.45, 2.75) is 20.3 Å². The summed E-state index contributed by atoms with van der Waals surface area (Å²) in [5, 5.41) is 0.915. The van der Waals surface area contributed by atoms with Gasteiger partial charge in [0.1, 0.15) is 0 Å². The molecule has 0 fully saturated rings. The first-order chi connectivity index (χ1) is 7.99. The average Bonchev–Trinajstić information content (AvgIpc) is 2.24. The highest BCUT2D eigenvalue weighted by atomic mass is 79.9. The standard InChI is InChI=1S/C13H16BrN3/c1-7(2)5-11-13(16)12(15)9-4-3-8(14)6-10(9)17-11/h3-4,6-7H,5,16H2,1-2H3,(H2,15,17). The Labute approximate surface area is 109 Å². The van der Waals surface area contributed by atoms with Crippen LogP contribution in [0.25, 0.3) is 10.9 Å². The predicted octanol–water partition coefficient (Wildman–Crippen LogP) is 3.36. The summed E-state index contributed by atoms with van der Waals surface area (Å²) in [7, 11) is 0. The van der Waals surface area contributed by atoms with E-state index in [1.54, 1.807) is 0 Å². The molecule has 2 aromatic rings. The number of nitrogens with zero attached hydrogens (tertiary/aromatic N) is 1. The van der Waals surface area contributed by atoms with E-state index in [1.807, 2.05) is 18.2 Å². The third-order valence-electron chi connectivity index (χ3n) is 2.71. The summed E-state index contributed by atoms with van der Waals surface area (Å²) in [6.07, 6.45) is 0.846. The van der Waals surface area contributed by atoms with Crippen LogP contribution in [0.2, 0.25) is 0 Å². The van der Waals surface area contributed by atoms with Crippen molar-refractivity contribution in [3.05, 3.63) is 28.4 Å². The van der Waals surface area contributed by atoms with Gasteiger partial charge in [-0.2, -0.15) is 0 Å². The fraction of sp³-hybridized carbons (Fsp3) is 0.308. The van der Waals surface area contributed by atoms with Crippen LogP contribution in [0.4, 0.5) is 11.4 Å². The number of halogens is 1. The molecule has 90 valence electrons. The number of pyridine rings is 1. The lowest BCUT2D eigenvalue weighted by Gasteiger charge is -2.12. The minimum absolute atomic E-state index is 0.508. The number of nitrogen functional groups attached to an aromatic ring is 2. The molecule has 0 aliphatic carbocycles. The van der Waals surface area contributed by atoms with Crippen LogP contribution in [0.15, 0.2) is 22.7 Å². The van der Waals surface area contributed by atoms with E-state index in [0.29, 0.717) is 17.3 Å². The van der Waals surface area contributed by atoms with Gasteiger partial charge in [-0.25, -0.2) is 0 Å². The zero-order valence-electron chi connectivity index (χ0n) is 10.00. The lowest BCUT2D eigenvalue weighted by molar-refractivity contribution is 0.638. The van der Waals surface area contributed by atoms with Crippen molar-refractivity contribution in [2.24, 2.45) is 5.92 Å². The van der Waals surface area contributed by atoms with Crippen LogP contribution in [0, 0.1) is 5.92 Å². The van der Waals surface area contributed by atoms with Gasteiger partial charge in [-0.1, -0.05) is 29.8 Å². The Kier molecular flexibility index (Phi) is 3.24. The van der Waals surface area contributed by atoms with Crippen molar-refractivity contribution in [3.63, 3.8) is 0 Å². The van der Waals surface area contributed by atoms with Crippen LogP contribution in [0.1, 0.15) is 19.5 Å². The van der Waals surface area contributed by atoms with Crippen molar-refractivity contribution in [1.29, 1.82) is 0 Å². The first kappa shape index (κ1) is 12.2. The van der Waals surface area contributed by atoms with Gasteiger partial charge in [0, 0.05) is 9.86 Å². The maximum Gasteiger partial charge on any atom is 0.0773 e. The van der Waals surface area contributed by atoms with Crippen molar-refractivity contribution < 1.29 is 0 Å². The van der Waals surface area contributed by atoms with Gasteiger partial charge >= 0.3 is 0 Å². The summed E-state index contributed by atoms with van der Waals surface area (Å²) in [6.45, 7) is 4.28. The van der Waals surface area contributed by atoms with Crippen molar-refractivity contribution in [2.75, 3.05) is 11.5 Å². The summed E-state index contributed by atoms with van der Waals surface area (Å²) >= 11 is 3.44. The van der Waals surface area contributed by atoms with Crippen molar-refractivity contribution >= 4 is 38.2 Å². The number of nitrogens with two attached hydrogens (primary N) is 2. The second-order valence-electron chi connectivity index (χ2n) is 4.65. The molecule has 0 aliphatic rings. The van der Waals surface area contributed by atoms with E-state index in [9.17, 15) is 0 Å². The highest BCUT2D eigenvalue weighted by Gasteiger charge is 2.11. The number of rotatable bonds is 2. The maximum absolute atomic E-state index is 6.06. The highest BCUT2D eigenvalue weighted by molar-refractivity contribution is 9.10. The molecular weight excluding hydrogens is 278 g/mol. The number of aromatic nitrogens is 1. The van der Waals surface area contributed by atoms with Gasteiger partial charge in [-0.3, -0.25) is 4.98 Å². The quantitative estimate of drug-likeness (QED) is 0.892. The monoisotopic (exact) mass is 293 g/mol. The Bertz CT molecular complexity index is 564. The molecule has 0 spiro atoms. The molecule has 17 heavy (non-hydrogen) atoms.